The maximum absolute atomic E-state index is 10.2. The molecule has 0 bridgehead atoms. The number of benzene rings is 1. The van der Waals surface area contributed by atoms with Gasteiger partial charge >= 0.3 is 0 Å². The van der Waals surface area contributed by atoms with Gasteiger partial charge in [-0.25, -0.2) is 4.99 Å². The van der Waals surface area contributed by atoms with Crippen LogP contribution in [0.15, 0.2) is 23.2 Å². The SMILES string of the molecule is CCNC(=NCc1ccc(C)cc1OC(C)(C)C)NCC1(O)CCC1.I. The summed E-state index contributed by atoms with van der Waals surface area (Å²) in [5.74, 6) is 1.61. The molecule has 2 rings (SSSR count). The van der Waals surface area contributed by atoms with Gasteiger partial charge in [-0.15, -0.1) is 24.0 Å². The van der Waals surface area contributed by atoms with Crippen LogP contribution in [0, 0.1) is 6.92 Å². The number of nitrogens with zero attached hydrogens (tertiary/aromatic N) is 1. The summed E-state index contributed by atoms with van der Waals surface area (Å²) in [6.07, 6.45) is 2.82. The Balaban J connectivity index is 0.00000338. The Bertz CT molecular complexity index is 608. The fourth-order valence-corrected chi connectivity index (χ4v) is 2.73. The molecule has 3 N–H and O–H groups in total. The van der Waals surface area contributed by atoms with Crippen LogP contribution in [0.2, 0.25) is 0 Å². The van der Waals surface area contributed by atoms with E-state index in [1.54, 1.807) is 0 Å². The van der Waals surface area contributed by atoms with E-state index in [2.05, 4.69) is 40.7 Å². The van der Waals surface area contributed by atoms with Crippen LogP contribution in [-0.2, 0) is 6.54 Å². The average molecular weight is 475 g/mol. The molecule has 0 spiro atoms. The first kappa shape index (κ1) is 23.0. The molecule has 0 aromatic heterocycles. The molecular formula is C20H34IN3O2. The lowest BCUT2D eigenvalue weighted by atomic mass is 9.80. The Morgan fingerprint density at radius 3 is 2.50 bits per heavy atom. The number of ether oxygens (including phenoxy) is 1. The highest BCUT2D eigenvalue weighted by Gasteiger charge is 2.34. The predicted octanol–water partition coefficient (Wildman–Crippen LogP) is 3.76. The molecule has 0 radical (unpaired) electrons. The van der Waals surface area contributed by atoms with Crippen molar-refractivity contribution >= 4 is 29.9 Å². The van der Waals surface area contributed by atoms with Crippen molar-refractivity contribution in [2.24, 2.45) is 4.99 Å². The molecule has 1 aromatic rings. The number of hydrogen-bond acceptors (Lipinski definition) is 3. The van der Waals surface area contributed by atoms with E-state index in [1.807, 2.05) is 27.7 Å². The van der Waals surface area contributed by atoms with Crippen LogP contribution in [0.25, 0.3) is 0 Å². The molecule has 1 aromatic carbocycles. The van der Waals surface area contributed by atoms with E-state index in [4.69, 9.17) is 4.74 Å². The summed E-state index contributed by atoms with van der Waals surface area (Å²) in [6, 6.07) is 6.22. The third-order valence-corrected chi connectivity index (χ3v) is 4.26. The molecule has 0 atom stereocenters. The van der Waals surface area contributed by atoms with Gasteiger partial charge in [0.25, 0.3) is 0 Å². The van der Waals surface area contributed by atoms with Gasteiger partial charge in [0.2, 0.25) is 0 Å². The summed E-state index contributed by atoms with van der Waals surface area (Å²) in [7, 11) is 0. The van der Waals surface area contributed by atoms with E-state index >= 15 is 0 Å². The lowest BCUT2D eigenvalue weighted by Crippen LogP contribution is -2.50. The first-order valence-electron chi connectivity index (χ1n) is 9.24. The minimum atomic E-state index is -0.569. The van der Waals surface area contributed by atoms with Crippen LogP contribution < -0.4 is 15.4 Å². The van der Waals surface area contributed by atoms with Gasteiger partial charge in [0, 0.05) is 18.7 Å². The van der Waals surface area contributed by atoms with Crippen molar-refractivity contribution in [3.05, 3.63) is 29.3 Å². The maximum atomic E-state index is 10.2. The van der Waals surface area contributed by atoms with Crippen LogP contribution in [0.5, 0.6) is 5.75 Å². The van der Waals surface area contributed by atoms with Gasteiger partial charge < -0.3 is 20.5 Å². The highest BCUT2D eigenvalue weighted by Crippen LogP contribution is 2.30. The standard InChI is InChI=1S/C20H33N3O2.HI/c1-6-21-18(23-14-20(24)10-7-11-20)22-13-16-9-8-15(2)12-17(16)25-19(3,4)5;/h8-9,12,24H,6-7,10-11,13-14H2,1-5H3,(H2,21,22,23);1H. The Morgan fingerprint density at radius 1 is 1.27 bits per heavy atom. The molecule has 148 valence electrons. The Morgan fingerprint density at radius 2 is 1.96 bits per heavy atom. The monoisotopic (exact) mass is 475 g/mol. The van der Waals surface area contributed by atoms with Gasteiger partial charge in [-0.05, 0) is 65.5 Å². The number of aliphatic imine (C=N–C) groups is 1. The molecule has 0 unspecified atom stereocenters. The first-order valence-corrected chi connectivity index (χ1v) is 9.24. The minimum absolute atomic E-state index is 0. The molecule has 26 heavy (non-hydrogen) atoms. The van der Waals surface area contributed by atoms with E-state index in [0.717, 1.165) is 43.1 Å². The van der Waals surface area contributed by atoms with Crippen molar-refractivity contribution in [1.29, 1.82) is 0 Å². The number of guanidine groups is 1. The summed E-state index contributed by atoms with van der Waals surface area (Å²) in [4.78, 5) is 4.67. The van der Waals surface area contributed by atoms with Crippen molar-refractivity contribution < 1.29 is 9.84 Å². The Hall–Kier alpha value is -1.02. The average Bonchev–Trinajstić information content (AvgIpc) is 2.48. The predicted molar refractivity (Wildman–Crippen MR) is 119 cm³/mol. The van der Waals surface area contributed by atoms with Crippen LogP contribution in [0.4, 0.5) is 0 Å². The molecule has 0 saturated heterocycles. The Labute approximate surface area is 175 Å². The molecular weight excluding hydrogens is 441 g/mol. The van der Waals surface area contributed by atoms with Crippen molar-refractivity contribution in [2.75, 3.05) is 13.1 Å². The van der Waals surface area contributed by atoms with Gasteiger partial charge in [0.05, 0.1) is 12.1 Å². The highest BCUT2D eigenvalue weighted by atomic mass is 127. The molecule has 0 heterocycles. The minimum Gasteiger partial charge on any atom is -0.488 e. The lowest BCUT2D eigenvalue weighted by molar-refractivity contribution is -0.0279. The van der Waals surface area contributed by atoms with E-state index in [1.165, 1.54) is 5.56 Å². The van der Waals surface area contributed by atoms with Gasteiger partial charge in [0.1, 0.15) is 11.4 Å². The van der Waals surface area contributed by atoms with Crippen LogP contribution in [0.1, 0.15) is 58.1 Å². The summed E-state index contributed by atoms with van der Waals surface area (Å²) >= 11 is 0. The number of halogens is 1. The van der Waals surface area contributed by atoms with Crippen LogP contribution >= 0.6 is 24.0 Å². The van der Waals surface area contributed by atoms with Gasteiger partial charge in [-0.3, -0.25) is 0 Å². The first-order chi connectivity index (χ1) is 11.7. The lowest BCUT2D eigenvalue weighted by Gasteiger charge is -2.37. The van der Waals surface area contributed by atoms with E-state index in [0.29, 0.717) is 13.1 Å². The fraction of sp³-hybridized carbons (Fsp3) is 0.650. The highest BCUT2D eigenvalue weighted by molar-refractivity contribution is 14.0. The third-order valence-electron chi connectivity index (χ3n) is 4.26. The molecule has 5 nitrogen and oxygen atoms in total. The zero-order chi connectivity index (χ0) is 18.5. The second-order valence-corrected chi connectivity index (χ2v) is 7.95. The van der Waals surface area contributed by atoms with Gasteiger partial charge in [0.15, 0.2) is 5.96 Å². The summed E-state index contributed by atoms with van der Waals surface area (Å²) in [5, 5.41) is 16.7. The second kappa shape index (κ2) is 9.78. The summed E-state index contributed by atoms with van der Waals surface area (Å²) in [5.41, 5.74) is 1.41. The molecule has 1 aliphatic carbocycles. The zero-order valence-corrected chi connectivity index (χ0v) is 19.0. The molecule has 0 aliphatic heterocycles. The topological polar surface area (TPSA) is 65.9 Å². The van der Waals surface area contributed by atoms with Crippen molar-refractivity contribution in [1.82, 2.24) is 10.6 Å². The molecule has 1 aliphatic rings. The normalized spacial score (nSPS) is 16.3. The van der Waals surface area contributed by atoms with Gasteiger partial charge in [-0.2, -0.15) is 0 Å². The molecule has 1 fully saturated rings. The van der Waals surface area contributed by atoms with Crippen molar-refractivity contribution in [3.63, 3.8) is 0 Å². The summed E-state index contributed by atoms with van der Waals surface area (Å²) < 4.78 is 6.10. The number of aliphatic hydroxyl groups is 1. The number of aryl methyl sites for hydroxylation is 1. The zero-order valence-electron chi connectivity index (χ0n) is 16.7. The number of rotatable bonds is 6. The smallest absolute Gasteiger partial charge is 0.191 e. The summed E-state index contributed by atoms with van der Waals surface area (Å²) in [6.45, 7) is 12.1. The van der Waals surface area contributed by atoms with Crippen LogP contribution in [-0.4, -0.2) is 35.4 Å². The van der Waals surface area contributed by atoms with Gasteiger partial charge in [-0.1, -0.05) is 12.1 Å². The number of nitrogens with one attached hydrogen (secondary N) is 2. The van der Waals surface area contributed by atoms with E-state index in [9.17, 15) is 5.11 Å². The molecule has 0 amide bonds. The second-order valence-electron chi connectivity index (χ2n) is 7.95. The van der Waals surface area contributed by atoms with E-state index < -0.39 is 5.60 Å². The molecule has 6 heteroatoms. The molecule has 1 saturated carbocycles. The Kier molecular flexibility index (Phi) is 8.66. The van der Waals surface area contributed by atoms with Crippen molar-refractivity contribution in [2.45, 2.75) is 71.6 Å². The van der Waals surface area contributed by atoms with Crippen LogP contribution in [0.3, 0.4) is 0 Å². The number of hydrogen-bond donors (Lipinski definition) is 3. The quantitative estimate of drug-likeness (QED) is 0.333. The maximum Gasteiger partial charge on any atom is 0.191 e. The largest absolute Gasteiger partial charge is 0.488 e. The fourth-order valence-electron chi connectivity index (χ4n) is 2.73. The van der Waals surface area contributed by atoms with Crippen molar-refractivity contribution in [3.8, 4) is 5.75 Å². The third kappa shape index (κ3) is 7.31. The van der Waals surface area contributed by atoms with E-state index in [-0.39, 0.29) is 29.6 Å².